The van der Waals surface area contributed by atoms with Gasteiger partial charge in [-0.25, -0.2) is 4.79 Å². The Bertz CT molecular complexity index is 956. The van der Waals surface area contributed by atoms with Gasteiger partial charge in [-0.05, 0) is 18.9 Å². The fourth-order valence-corrected chi connectivity index (χ4v) is 4.46. The predicted molar refractivity (Wildman–Crippen MR) is 114 cm³/mol. The zero-order valence-electron chi connectivity index (χ0n) is 19.0. The summed E-state index contributed by atoms with van der Waals surface area (Å²) in [6.07, 6.45) is -8.27. The second kappa shape index (κ2) is 9.47. The topological polar surface area (TPSA) is 233 Å². The van der Waals surface area contributed by atoms with Gasteiger partial charge in [0.05, 0.1) is 13.2 Å². The van der Waals surface area contributed by atoms with Crippen LogP contribution in [0.5, 0.6) is 0 Å². The molecule has 14 nitrogen and oxygen atoms in total. The van der Waals surface area contributed by atoms with Gasteiger partial charge in [0.2, 0.25) is 5.72 Å². The SMILES string of the molecule is CC(C)[C@H](N)C(=O)O[C@@H]1[C@@H](CO)O[C@@](C2O[C@H](CO)[C@@H](O)[C@H]2O)(n2ccc(N)nc2=O)[C@]1(C)O. The minimum atomic E-state index is -2.39. The third kappa shape index (κ3) is 3.99. The maximum atomic E-state index is 12.9. The zero-order chi connectivity index (χ0) is 25.6. The second-order valence-electron chi connectivity index (χ2n) is 9.07. The smallest absolute Gasteiger partial charge is 0.352 e. The molecule has 1 unspecified atom stereocenters. The summed E-state index contributed by atoms with van der Waals surface area (Å²) in [6, 6.07) is 0.145. The fourth-order valence-electron chi connectivity index (χ4n) is 4.46. The Balaban J connectivity index is 2.19. The molecular formula is C20H32N4O10. The van der Waals surface area contributed by atoms with E-state index in [0.29, 0.717) is 0 Å². The average Bonchev–Trinajstić information content (AvgIpc) is 3.18. The van der Waals surface area contributed by atoms with Crippen molar-refractivity contribution in [3.05, 3.63) is 22.7 Å². The van der Waals surface area contributed by atoms with Crippen molar-refractivity contribution in [1.29, 1.82) is 0 Å². The number of aliphatic hydroxyl groups excluding tert-OH is 4. The lowest BCUT2D eigenvalue weighted by atomic mass is 9.81. The van der Waals surface area contributed by atoms with E-state index in [1.807, 2.05) is 0 Å². The maximum absolute atomic E-state index is 12.9. The predicted octanol–water partition coefficient (Wildman–Crippen LogP) is -4.00. The summed E-state index contributed by atoms with van der Waals surface area (Å²) in [6.45, 7) is 3.04. The fraction of sp³-hybridized carbons (Fsp3) is 0.750. The lowest BCUT2D eigenvalue weighted by molar-refractivity contribution is -0.263. The summed E-state index contributed by atoms with van der Waals surface area (Å²) in [5.41, 5.74) is 5.66. The highest BCUT2D eigenvalue weighted by molar-refractivity contribution is 5.76. The Morgan fingerprint density at radius 2 is 1.88 bits per heavy atom. The van der Waals surface area contributed by atoms with Gasteiger partial charge >= 0.3 is 11.7 Å². The van der Waals surface area contributed by atoms with Crippen LogP contribution < -0.4 is 17.2 Å². The Labute approximate surface area is 194 Å². The van der Waals surface area contributed by atoms with Crippen molar-refractivity contribution >= 4 is 11.8 Å². The number of nitrogens with two attached hydrogens (primary N) is 2. The first-order valence-electron chi connectivity index (χ1n) is 10.8. The lowest BCUT2D eigenvalue weighted by Gasteiger charge is -2.45. The van der Waals surface area contributed by atoms with Crippen LogP contribution in [0.25, 0.3) is 0 Å². The number of ether oxygens (including phenoxy) is 3. The lowest BCUT2D eigenvalue weighted by Crippen LogP contribution is -2.67. The second-order valence-corrected chi connectivity index (χ2v) is 9.07. The molecule has 2 aliphatic rings. The molecule has 0 aromatic carbocycles. The molecule has 9 atom stereocenters. The summed E-state index contributed by atoms with van der Waals surface area (Å²) in [5.74, 6) is -1.37. The van der Waals surface area contributed by atoms with Crippen molar-refractivity contribution in [3.63, 3.8) is 0 Å². The van der Waals surface area contributed by atoms with Crippen molar-refractivity contribution in [2.45, 2.75) is 74.8 Å². The zero-order valence-corrected chi connectivity index (χ0v) is 19.0. The minimum absolute atomic E-state index is 0.153. The van der Waals surface area contributed by atoms with E-state index < -0.39 is 78.9 Å². The number of aromatic nitrogens is 2. The highest BCUT2D eigenvalue weighted by Crippen LogP contribution is 2.50. The number of aliphatic hydroxyl groups is 5. The van der Waals surface area contributed by atoms with Crippen LogP contribution in [-0.2, 0) is 24.7 Å². The molecular weight excluding hydrogens is 456 g/mol. The highest BCUT2D eigenvalue weighted by atomic mass is 16.7. The summed E-state index contributed by atoms with van der Waals surface area (Å²) in [5, 5.41) is 52.5. The molecule has 0 bridgehead atoms. The van der Waals surface area contributed by atoms with Gasteiger partial charge in [-0.1, -0.05) is 13.8 Å². The van der Waals surface area contributed by atoms with Crippen molar-refractivity contribution < 1.29 is 44.5 Å². The van der Waals surface area contributed by atoms with Crippen LogP contribution in [0, 0.1) is 5.92 Å². The Morgan fingerprint density at radius 1 is 1.26 bits per heavy atom. The van der Waals surface area contributed by atoms with Gasteiger partial charge in [0.25, 0.3) is 0 Å². The van der Waals surface area contributed by atoms with Crippen LogP contribution >= 0.6 is 0 Å². The molecule has 2 fully saturated rings. The monoisotopic (exact) mass is 488 g/mol. The Kier molecular flexibility index (Phi) is 7.36. The van der Waals surface area contributed by atoms with Crippen LogP contribution in [0.2, 0.25) is 0 Å². The highest BCUT2D eigenvalue weighted by Gasteiger charge is 2.73. The van der Waals surface area contributed by atoms with Gasteiger partial charge in [-0.2, -0.15) is 4.98 Å². The molecule has 2 saturated heterocycles. The van der Waals surface area contributed by atoms with E-state index in [2.05, 4.69) is 4.98 Å². The number of nitrogen functional groups attached to an aromatic ring is 1. The number of carbonyl (C=O) groups excluding carboxylic acids is 1. The molecule has 2 aliphatic heterocycles. The van der Waals surface area contributed by atoms with E-state index in [4.69, 9.17) is 25.7 Å². The van der Waals surface area contributed by atoms with Gasteiger partial charge in [0.1, 0.15) is 42.4 Å². The van der Waals surface area contributed by atoms with Gasteiger partial charge in [-0.3, -0.25) is 9.36 Å². The number of anilines is 1. The van der Waals surface area contributed by atoms with Gasteiger partial charge in [0.15, 0.2) is 11.7 Å². The molecule has 1 aromatic rings. The van der Waals surface area contributed by atoms with Gasteiger partial charge in [-0.15, -0.1) is 0 Å². The standard InChI is InChI=1S/C20H32N4O10/c1-8(2)12(22)17(29)33-15-10(7-26)34-20(19(15,3)31,24-5-4-11(21)23-18(24)30)16-14(28)13(27)9(6-25)32-16/h4-5,8-10,12-16,25-28,31H,6-7,22H2,1-3H3,(H2,21,23,30)/t9-,10-,12+,13-,14-,15-,16?,19-,20-/m1/s1. The Morgan fingerprint density at radius 3 is 2.38 bits per heavy atom. The molecule has 0 radical (unpaired) electrons. The third-order valence-corrected chi connectivity index (χ3v) is 6.47. The molecule has 0 aliphatic carbocycles. The van der Waals surface area contributed by atoms with E-state index in [9.17, 15) is 35.1 Å². The van der Waals surface area contributed by atoms with Crippen molar-refractivity contribution in [2.24, 2.45) is 11.7 Å². The molecule has 0 amide bonds. The van der Waals surface area contributed by atoms with Crippen molar-refractivity contribution in [1.82, 2.24) is 9.55 Å². The van der Waals surface area contributed by atoms with Crippen LogP contribution in [0.4, 0.5) is 5.82 Å². The number of hydrogen-bond donors (Lipinski definition) is 7. The van der Waals surface area contributed by atoms with Gasteiger partial charge in [0, 0.05) is 6.20 Å². The van der Waals surface area contributed by atoms with Crippen LogP contribution in [-0.4, -0.2) is 103 Å². The normalized spacial score (nSPS) is 38.9. The van der Waals surface area contributed by atoms with Gasteiger partial charge < -0.3 is 51.2 Å². The molecule has 3 rings (SSSR count). The molecule has 9 N–H and O–H groups in total. The average molecular weight is 488 g/mol. The maximum Gasteiger partial charge on any atom is 0.352 e. The molecule has 34 heavy (non-hydrogen) atoms. The quantitative estimate of drug-likeness (QED) is 0.182. The largest absolute Gasteiger partial charge is 0.455 e. The summed E-state index contributed by atoms with van der Waals surface area (Å²) in [4.78, 5) is 29.1. The molecule has 0 spiro atoms. The summed E-state index contributed by atoms with van der Waals surface area (Å²) < 4.78 is 17.8. The van der Waals surface area contributed by atoms with Crippen molar-refractivity contribution in [2.75, 3.05) is 18.9 Å². The third-order valence-electron chi connectivity index (χ3n) is 6.47. The number of hydrogen-bond acceptors (Lipinski definition) is 13. The number of nitrogens with zero attached hydrogens (tertiary/aromatic N) is 2. The van der Waals surface area contributed by atoms with E-state index in [-0.39, 0.29) is 11.7 Å². The summed E-state index contributed by atoms with van der Waals surface area (Å²) in [7, 11) is 0. The number of carbonyl (C=O) groups is 1. The van der Waals surface area contributed by atoms with Crippen molar-refractivity contribution in [3.8, 4) is 0 Å². The van der Waals surface area contributed by atoms with Crippen LogP contribution in [0.1, 0.15) is 20.8 Å². The molecule has 3 heterocycles. The number of rotatable bonds is 7. The molecule has 14 heteroatoms. The number of esters is 1. The first kappa shape index (κ1) is 26.4. The first-order valence-corrected chi connectivity index (χ1v) is 10.8. The summed E-state index contributed by atoms with van der Waals surface area (Å²) >= 11 is 0. The van der Waals surface area contributed by atoms with Crippen LogP contribution in [0.15, 0.2) is 17.1 Å². The van der Waals surface area contributed by atoms with Crippen LogP contribution in [0.3, 0.4) is 0 Å². The first-order chi connectivity index (χ1) is 15.8. The van der Waals surface area contributed by atoms with E-state index in [1.165, 1.54) is 6.07 Å². The van der Waals surface area contributed by atoms with E-state index in [1.54, 1.807) is 13.8 Å². The van der Waals surface area contributed by atoms with E-state index >= 15 is 0 Å². The molecule has 192 valence electrons. The molecule has 1 aromatic heterocycles. The van der Waals surface area contributed by atoms with E-state index in [0.717, 1.165) is 17.7 Å². The Hall–Kier alpha value is -2.17. The molecule has 0 saturated carbocycles. The minimum Gasteiger partial charge on any atom is -0.455 e.